The molecule has 0 saturated heterocycles. The highest BCUT2D eigenvalue weighted by molar-refractivity contribution is 5.04. The van der Waals surface area contributed by atoms with Gasteiger partial charge < -0.3 is 9.62 Å². The average molecular weight is 127 g/mol. The third kappa shape index (κ3) is 1.55. The molecule has 1 aromatic heterocycles. The van der Waals surface area contributed by atoms with Crippen LogP contribution >= 0.6 is 0 Å². The fourth-order valence-corrected chi connectivity index (χ4v) is 0.658. The average Bonchev–Trinajstić information content (AvgIpc) is 2.17. The van der Waals surface area contributed by atoms with E-state index in [1.807, 2.05) is 24.5 Å². The van der Waals surface area contributed by atoms with Gasteiger partial charge in [0, 0.05) is 0 Å². The van der Waals surface area contributed by atoms with Gasteiger partial charge in [-0.3, -0.25) is 0 Å². The van der Waals surface area contributed by atoms with Gasteiger partial charge in [-0.15, -0.1) is 0 Å². The normalized spacial score (nSPS) is 10.0. The number of nitrogens with one attached hydrogen (secondary N) is 1. The van der Waals surface area contributed by atoms with Crippen LogP contribution in [0, 0.1) is 6.92 Å². The van der Waals surface area contributed by atoms with E-state index in [4.69, 9.17) is 9.62 Å². The first-order valence-corrected chi connectivity index (χ1v) is 2.75. The molecule has 9 heavy (non-hydrogen) atoms. The van der Waals surface area contributed by atoms with Gasteiger partial charge in [0.25, 0.3) is 0 Å². The van der Waals surface area contributed by atoms with Crippen LogP contribution in [-0.4, -0.2) is 5.21 Å². The highest BCUT2D eigenvalue weighted by atomic mass is 16.5. The molecule has 0 aliphatic carbocycles. The molecule has 50 valence electrons. The van der Waals surface area contributed by atoms with Crippen molar-refractivity contribution in [1.82, 2.24) is 5.48 Å². The topological polar surface area (TPSA) is 45.4 Å². The van der Waals surface area contributed by atoms with Gasteiger partial charge in [-0.05, 0) is 19.1 Å². The lowest BCUT2D eigenvalue weighted by Gasteiger charge is -1.89. The number of rotatable bonds is 2. The van der Waals surface area contributed by atoms with Crippen molar-refractivity contribution < 1.29 is 9.62 Å². The maximum Gasteiger partial charge on any atom is 0.120 e. The summed E-state index contributed by atoms with van der Waals surface area (Å²) in [6, 6.07) is 3.67. The molecule has 2 N–H and O–H groups in total. The molecule has 1 heterocycles. The molecule has 0 atom stereocenters. The summed E-state index contributed by atoms with van der Waals surface area (Å²) in [5.41, 5.74) is 2.00. The molecule has 0 bridgehead atoms. The van der Waals surface area contributed by atoms with Gasteiger partial charge in [0.15, 0.2) is 0 Å². The van der Waals surface area contributed by atoms with Crippen molar-refractivity contribution >= 4 is 0 Å². The Hall–Kier alpha value is -0.800. The molecule has 0 aliphatic heterocycles. The summed E-state index contributed by atoms with van der Waals surface area (Å²) in [6.45, 7) is 2.23. The SMILES string of the molecule is Cc1ccc(CNO)o1. The maximum atomic E-state index is 8.22. The van der Waals surface area contributed by atoms with Gasteiger partial charge >= 0.3 is 0 Å². The van der Waals surface area contributed by atoms with Crippen LogP contribution in [0.2, 0.25) is 0 Å². The van der Waals surface area contributed by atoms with E-state index in [2.05, 4.69) is 0 Å². The molecule has 0 radical (unpaired) electrons. The number of hydrogen-bond donors (Lipinski definition) is 2. The van der Waals surface area contributed by atoms with Crippen LogP contribution in [0.4, 0.5) is 0 Å². The summed E-state index contributed by atoms with van der Waals surface area (Å²) in [5.74, 6) is 1.61. The van der Waals surface area contributed by atoms with Crippen molar-refractivity contribution in [2.75, 3.05) is 0 Å². The van der Waals surface area contributed by atoms with Crippen molar-refractivity contribution in [1.29, 1.82) is 0 Å². The molecule has 0 aliphatic rings. The quantitative estimate of drug-likeness (QED) is 0.584. The molecule has 0 unspecified atom stereocenters. The highest BCUT2D eigenvalue weighted by Gasteiger charge is 1.94. The number of hydrogen-bond acceptors (Lipinski definition) is 3. The van der Waals surface area contributed by atoms with Crippen LogP contribution in [0.3, 0.4) is 0 Å². The minimum Gasteiger partial charge on any atom is -0.465 e. The van der Waals surface area contributed by atoms with Crippen molar-refractivity contribution in [3.05, 3.63) is 23.7 Å². The lowest BCUT2D eigenvalue weighted by Crippen LogP contribution is -2.04. The zero-order valence-corrected chi connectivity index (χ0v) is 5.22. The smallest absolute Gasteiger partial charge is 0.120 e. The van der Waals surface area contributed by atoms with Crippen LogP contribution in [0.5, 0.6) is 0 Å². The largest absolute Gasteiger partial charge is 0.465 e. The Labute approximate surface area is 53.3 Å². The number of aryl methyl sites for hydroxylation is 1. The second-order valence-corrected chi connectivity index (χ2v) is 1.85. The van der Waals surface area contributed by atoms with Crippen molar-refractivity contribution in [2.24, 2.45) is 0 Å². The molecule has 3 nitrogen and oxygen atoms in total. The fourth-order valence-electron chi connectivity index (χ4n) is 0.658. The van der Waals surface area contributed by atoms with Crippen LogP contribution in [0.1, 0.15) is 11.5 Å². The van der Waals surface area contributed by atoms with E-state index < -0.39 is 0 Å². The van der Waals surface area contributed by atoms with Crippen LogP contribution in [-0.2, 0) is 6.54 Å². The number of hydroxylamine groups is 1. The van der Waals surface area contributed by atoms with Crippen molar-refractivity contribution in [3.8, 4) is 0 Å². The zero-order valence-electron chi connectivity index (χ0n) is 5.22. The van der Waals surface area contributed by atoms with E-state index in [1.165, 1.54) is 0 Å². The van der Waals surface area contributed by atoms with Crippen molar-refractivity contribution in [2.45, 2.75) is 13.5 Å². The van der Waals surface area contributed by atoms with E-state index >= 15 is 0 Å². The first-order valence-electron chi connectivity index (χ1n) is 2.75. The monoisotopic (exact) mass is 127 g/mol. The standard InChI is InChI=1S/C6H9NO2/c1-5-2-3-6(9-5)4-7-8/h2-3,7-8H,4H2,1H3. The summed E-state index contributed by atoms with van der Waals surface area (Å²) in [7, 11) is 0. The lowest BCUT2D eigenvalue weighted by molar-refractivity contribution is 0.153. The van der Waals surface area contributed by atoms with Gasteiger partial charge in [0.1, 0.15) is 11.5 Å². The van der Waals surface area contributed by atoms with E-state index in [0.29, 0.717) is 6.54 Å². The van der Waals surface area contributed by atoms with E-state index in [9.17, 15) is 0 Å². The highest BCUT2D eigenvalue weighted by Crippen LogP contribution is 2.04. The van der Waals surface area contributed by atoms with Crippen LogP contribution < -0.4 is 5.48 Å². The Balaban J connectivity index is 2.61. The second kappa shape index (κ2) is 2.66. The molecule has 1 aromatic rings. The van der Waals surface area contributed by atoms with Gasteiger partial charge in [0.05, 0.1) is 6.54 Å². The van der Waals surface area contributed by atoms with E-state index in [-0.39, 0.29) is 0 Å². The van der Waals surface area contributed by atoms with Gasteiger partial charge in [-0.25, -0.2) is 0 Å². The minimum atomic E-state index is 0.369. The summed E-state index contributed by atoms with van der Waals surface area (Å²) in [6.07, 6.45) is 0. The summed E-state index contributed by atoms with van der Waals surface area (Å²) >= 11 is 0. The lowest BCUT2D eigenvalue weighted by atomic mass is 10.4. The predicted molar refractivity (Wildman–Crippen MR) is 32.1 cm³/mol. The summed E-state index contributed by atoms with van der Waals surface area (Å²) in [5, 5.41) is 8.22. The molecular weight excluding hydrogens is 118 g/mol. The molecule has 0 aromatic carbocycles. The minimum absolute atomic E-state index is 0.369. The summed E-state index contributed by atoms with van der Waals surface area (Å²) in [4.78, 5) is 0. The second-order valence-electron chi connectivity index (χ2n) is 1.85. The van der Waals surface area contributed by atoms with Gasteiger partial charge in [-0.1, -0.05) is 0 Å². The fraction of sp³-hybridized carbons (Fsp3) is 0.333. The predicted octanol–water partition coefficient (Wildman–Crippen LogP) is 1.07. The van der Waals surface area contributed by atoms with Gasteiger partial charge in [-0.2, -0.15) is 5.48 Å². The molecule has 1 rings (SSSR count). The van der Waals surface area contributed by atoms with Crippen LogP contribution in [0.15, 0.2) is 16.5 Å². The molecule has 0 amide bonds. The third-order valence-corrected chi connectivity index (χ3v) is 1.05. The molecule has 3 heteroatoms. The first-order chi connectivity index (χ1) is 4.33. The Morgan fingerprint density at radius 3 is 2.89 bits per heavy atom. The third-order valence-electron chi connectivity index (χ3n) is 1.05. The molecule has 0 saturated carbocycles. The number of furan rings is 1. The molecule has 0 fully saturated rings. The Morgan fingerprint density at radius 1 is 1.67 bits per heavy atom. The first kappa shape index (κ1) is 6.32. The van der Waals surface area contributed by atoms with Crippen molar-refractivity contribution in [3.63, 3.8) is 0 Å². The Bertz CT molecular complexity index is 183. The molecule has 0 spiro atoms. The molecular formula is C6H9NO2. The van der Waals surface area contributed by atoms with E-state index in [0.717, 1.165) is 11.5 Å². The summed E-state index contributed by atoms with van der Waals surface area (Å²) < 4.78 is 5.10. The van der Waals surface area contributed by atoms with E-state index in [1.54, 1.807) is 0 Å². The van der Waals surface area contributed by atoms with Gasteiger partial charge in [0.2, 0.25) is 0 Å². The Kier molecular flexibility index (Phi) is 1.87. The Morgan fingerprint density at radius 2 is 2.44 bits per heavy atom. The maximum absolute atomic E-state index is 8.22. The zero-order chi connectivity index (χ0) is 6.69. The van der Waals surface area contributed by atoms with Crippen LogP contribution in [0.25, 0.3) is 0 Å².